The maximum Gasteiger partial charge on any atom is 0.343 e. The molecule has 0 atom stereocenters. The smallest absolute Gasteiger partial charge is 0.343 e. The Morgan fingerprint density at radius 3 is 2.73 bits per heavy atom. The molecule has 0 amide bonds. The first-order chi connectivity index (χ1) is 7.10. The van der Waals surface area contributed by atoms with Gasteiger partial charge in [0.25, 0.3) is 5.56 Å². The number of carbonyl (C=O) groups is 1. The average Bonchev–Trinajstić information content (AvgIpc) is 2.21. The zero-order valence-corrected chi connectivity index (χ0v) is 10.2. The monoisotopic (exact) mass is 273 g/mol. The van der Waals surface area contributed by atoms with Gasteiger partial charge < -0.3 is 9.30 Å². The molecule has 0 spiro atoms. The topological polar surface area (TPSA) is 48.3 Å². The van der Waals surface area contributed by atoms with E-state index in [1.54, 1.807) is 13.1 Å². The Labute approximate surface area is 96.0 Å². The first-order valence-electron chi connectivity index (χ1n) is 4.67. The first-order valence-corrected chi connectivity index (χ1v) is 5.46. The molecule has 0 saturated carbocycles. The number of pyridine rings is 1. The highest BCUT2D eigenvalue weighted by Crippen LogP contribution is 2.09. The summed E-state index contributed by atoms with van der Waals surface area (Å²) in [6.07, 6.45) is 1.64. The van der Waals surface area contributed by atoms with Crippen LogP contribution in [0.15, 0.2) is 21.5 Å². The molecule has 1 rings (SSSR count). The predicted molar refractivity (Wildman–Crippen MR) is 60.0 cm³/mol. The van der Waals surface area contributed by atoms with Crippen LogP contribution >= 0.6 is 15.9 Å². The lowest BCUT2D eigenvalue weighted by atomic mass is 10.3. The quantitative estimate of drug-likeness (QED) is 0.790. The van der Waals surface area contributed by atoms with Crippen LogP contribution in [0.2, 0.25) is 0 Å². The van der Waals surface area contributed by atoms with E-state index in [-0.39, 0.29) is 17.7 Å². The number of halogens is 1. The van der Waals surface area contributed by atoms with Crippen LogP contribution in [0.5, 0.6) is 0 Å². The average molecular weight is 274 g/mol. The van der Waals surface area contributed by atoms with Gasteiger partial charge in [-0.3, -0.25) is 4.79 Å². The minimum Gasteiger partial charge on any atom is -0.462 e. The van der Waals surface area contributed by atoms with E-state index in [4.69, 9.17) is 4.74 Å². The van der Waals surface area contributed by atoms with Gasteiger partial charge >= 0.3 is 5.97 Å². The van der Waals surface area contributed by atoms with E-state index in [1.165, 1.54) is 10.6 Å². The second kappa shape index (κ2) is 5.11. The third-order valence-electron chi connectivity index (χ3n) is 1.89. The van der Waals surface area contributed by atoms with Gasteiger partial charge in [0.2, 0.25) is 0 Å². The van der Waals surface area contributed by atoms with Crippen molar-refractivity contribution in [1.29, 1.82) is 0 Å². The predicted octanol–water partition coefficient (Wildman–Crippen LogP) is 1.81. The fourth-order valence-electron chi connectivity index (χ4n) is 1.19. The van der Waals surface area contributed by atoms with E-state index < -0.39 is 5.97 Å². The molecule has 1 aromatic heterocycles. The third kappa shape index (κ3) is 2.68. The fourth-order valence-corrected chi connectivity index (χ4v) is 1.67. The van der Waals surface area contributed by atoms with Crippen molar-refractivity contribution in [3.05, 3.63) is 32.7 Å². The molecule has 1 aromatic rings. The molecule has 0 fully saturated rings. The number of nitrogens with zero attached hydrogens (tertiary/aromatic N) is 1. The van der Waals surface area contributed by atoms with Crippen LogP contribution < -0.4 is 5.56 Å². The molecule has 0 bridgehead atoms. The molecule has 82 valence electrons. The first kappa shape index (κ1) is 12.0. The highest BCUT2D eigenvalue weighted by atomic mass is 79.9. The Morgan fingerprint density at radius 2 is 2.20 bits per heavy atom. The van der Waals surface area contributed by atoms with Gasteiger partial charge in [0.05, 0.1) is 6.61 Å². The molecule has 15 heavy (non-hydrogen) atoms. The van der Waals surface area contributed by atoms with Crippen molar-refractivity contribution in [3.63, 3.8) is 0 Å². The standard InChI is InChI=1S/C10H12BrNO3/c1-3-12-6-7(11)5-8(9(12)13)10(14)15-4-2/h5-6H,3-4H2,1-2H3. The summed E-state index contributed by atoms with van der Waals surface area (Å²) in [6, 6.07) is 1.48. The molecule has 0 aliphatic heterocycles. The maximum atomic E-state index is 11.7. The summed E-state index contributed by atoms with van der Waals surface area (Å²) in [7, 11) is 0. The number of hydrogen-bond donors (Lipinski definition) is 0. The molecule has 0 unspecified atom stereocenters. The number of hydrogen-bond acceptors (Lipinski definition) is 3. The summed E-state index contributed by atoms with van der Waals surface area (Å²) in [6.45, 7) is 4.32. The number of rotatable bonds is 3. The lowest BCUT2D eigenvalue weighted by molar-refractivity contribution is 0.0523. The van der Waals surface area contributed by atoms with Crippen molar-refractivity contribution in [2.45, 2.75) is 20.4 Å². The van der Waals surface area contributed by atoms with Crippen molar-refractivity contribution >= 4 is 21.9 Å². The van der Waals surface area contributed by atoms with Gasteiger partial charge in [0, 0.05) is 17.2 Å². The SMILES string of the molecule is CCOC(=O)c1cc(Br)cn(CC)c1=O. The van der Waals surface area contributed by atoms with Crippen LogP contribution in [0, 0.1) is 0 Å². The normalized spacial score (nSPS) is 10.1. The lowest BCUT2D eigenvalue weighted by Gasteiger charge is -2.06. The van der Waals surface area contributed by atoms with Crippen molar-refractivity contribution in [1.82, 2.24) is 4.57 Å². The molecule has 0 aliphatic rings. The molecule has 0 aromatic carbocycles. The zero-order chi connectivity index (χ0) is 11.4. The van der Waals surface area contributed by atoms with Crippen molar-refractivity contribution in [3.8, 4) is 0 Å². The minimum atomic E-state index is -0.578. The third-order valence-corrected chi connectivity index (χ3v) is 2.32. The Morgan fingerprint density at radius 1 is 1.53 bits per heavy atom. The van der Waals surface area contributed by atoms with Gasteiger partial charge in [-0.1, -0.05) is 0 Å². The maximum absolute atomic E-state index is 11.7. The molecule has 1 heterocycles. The van der Waals surface area contributed by atoms with Crippen molar-refractivity contribution < 1.29 is 9.53 Å². The van der Waals surface area contributed by atoms with Crippen LogP contribution in [0.4, 0.5) is 0 Å². The summed E-state index contributed by atoms with van der Waals surface area (Å²) in [5, 5.41) is 0. The van der Waals surface area contributed by atoms with Gasteiger partial charge in [-0.15, -0.1) is 0 Å². The summed E-state index contributed by atoms with van der Waals surface area (Å²) in [4.78, 5) is 23.1. The Bertz CT molecular complexity index is 425. The van der Waals surface area contributed by atoms with Crippen LogP contribution in [0.1, 0.15) is 24.2 Å². The number of aromatic nitrogens is 1. The lowest BCUT2D eigenvalue weighted by Crippen LogP contribution is -2.26. The Kier molecular flexibility index (Phi) is 4.08. The summed E-state index contributed by atoms with van der Waals surface area (Å²) in [5.41, 5.74) is -0.257. The molecule has 0 aliphatic carbocycles. The summed E-state index contributed by atoms with van der Waals surface area (Å²) < 4.78 is 6.93. The largest absolute Gasteiger partial charge is 0.462 e. The molecular formula is C10H12BrNO3. The minimum absolute atomic E-state index is 0.0630. The second-order valence-corrected chi connectivity index (χ2v) is 3.80. The second-order valence-electron chi connectivity index (χ2n) is 2.88. The van der Waals surface area contributed by atoms with Gasteiger partial charge in [0.15, 0.2) is 0 Å². The van der Waals surface area contributed by atoms with Crippen LogP contribution in [-0.4, -0.2) is 17.1 Å². The van der Waals surface area contributed by atoms with Gasteiger partial charge in [0.1, 0.15) is 5.56 Å². The molecule has 5 heteroatoms. The highest BCUT2D eigenvalue weighted by Gasteiger charge is 2.13. The van der Waals surface area contributed by atoms with Gasteiger partial charge in [-0.2, -0.15) is 0 Å². The highest BCUT2D eigenvalue weighted by molar-refractivity contribution is 9.10. The number of ether oxygens (including phenoxy) is 1. The molecule has 0 radical (unpaired) electrons. The van der Waals surface area contributed by atoms with E-state index in [0.717, 1.165) is 0 Å². The van der Waals surface area contributed by atoms with E-state index >= 15 is 0 Å². The zero-order valence-electron chi connectivity index (χ0n) is 8.62. The van der Waals surface area contributed by atoms with E-state index in [0.29, 0.717) is 11.0 Å². The number of aryl methyl sites for hydroxylation is 1. The van der Waals surface area contributed by atoms with E-state index in [1.807, 2.05) is 6.92 Å². The molecular weight excluding hydrogens is 262 g/mol. The van der Waals surface area contributed by atoms with Crippen LogP contribution in [0.25, 0.3) is 0 Å². The van der Waals surface area contributed by atoms with Crippen LogP contribution in [0.3, 0.4) is 0 Å². The Hall–Kier alpha value is -1.10. The molecule has 4 nitrogen and oxygen atoms in total. The number of esters is 1. The van der Waals surface area contributed by atoms with Crippen molar-refractivity contribution in [2.75, 3.05) is 6.61 Å². The summed E-state index contributed by atoms with van der Waals surface area (Å²) in [5.74, 6) is -0.578. The van der Waals surface area contributed by atoms with Crippen LogP contribution in [-0.2, 0) is 11.3 Å². The fraction of sp³-hybridized carbons (Fsp3) is 0.400. The van der Waals surface area contributed by atoms with Gasteiger partial charge in [-0.25, -0.2) is 4.79 Å². The number of carbonyl (C=O) groups excluding carboxylic acids is 1. The van der Waals surface area contributed by atoms with Crippen molar-refractivity contribution in [2.24, 2.45) is 0 Å². The van der Waals surface area contributed by atoms with E-state index in [9.17, 15) is 9.59 Å². The summed E-state index contributed by atoms with van der Waals surface area (Å²) >= 11 is 3.24. The molecule has 0 saturated heterocycles. The molecule has 0 N–H and O–H groups in total. The Balaban J connectivity index is 3.23. The van der Waals surface area contributed by atoms with Gasteiger partial charge in [-0.05, 0) is 35.8 Å². The van der Waals surface area contributed by atoms with E-state index in [2.05, 4.69) is 15.9 Å².